The van der Waals surface area contributed by atoms with Gasteiger partial charge in [-0.15, -0.1) is 0 Å². The molecule has 2 saturated heterocycles. The van der Waals surface area contributed by atoms with Crippen molar-refractivity contribution in [1.82, 2.24) is 29.2 Å². The van der Waals surface area contributed by atoms with Gasteiger partial charge in [0.2, 0.25) is 5.91 Å². The highest BCUT2D eigenvalue weighted by atomic mass is 16.2. The first kappa shape index (κ1) is 21.1. The highest BCUT2D eigenvalue weighted by Gasteiger charge is 2.35. The van der Waals surface area contributed by atoms with Crippen molar-refractivity contribution >= 4 is 23.0 Å². The van der Waals surface area contributed by atoms with Crippen LogP contribution in [0.4, 0.5) is 0 Å². The van der Waals surface area contributed by atoms with Crippen molar-refractivity contribution in [3.05, 3.63) is 23.1 Å². The van der Waals surface area contributed by atoms with E-state index in [1.54, 1.807) is 0 Å². The van der Waals surface area contributed by atoms with Gasteiger partial charge in [0, 0.05) is 50.8 Å². The Kier molecular flexibility index (Phi) is 5.35. The van der Waals surface area contributed by atoms with E-state index >= 15 is 0 Å². The number of imidazole rings is 1. The first-order chi connectivity index (χ1) is 16.1. The molecule has 1 saturated carbocycles. The minimum absolute atomic E-state index is 0.00844. The summed E-state index contributed by atoms with van der Waals surface area (Å²) in [4.78, 5) is 42.6. The summed E-state index contributed by atoms with van der Waals surface area (Å²) in [6, 6.07) is 2.02. The van der Waals surface area contributed by atoms with E-state index in [0.29, 0.717) is 37.7 Å². The van der Waals surface area contributed by atoms with Crippen LogP contribution in [0.15, 0.2) is 6.07 Å². The van der Waals surface area contributed by atoms with Crippen LogP contribution in [0.3, 0.4) is 0 Å². The lowest BCUT2D eigenvalue weighted by Crippen LogP contribution is -2.54. The van der Waals surface area contributed by atoms with Gasteiger partial charge in [-0.3, -0.25) is 14.5 Å². The van der Waals surface area contributed by atoms with E-state index in [-0.39, 0.29) is 17.9 Å². The van der Waals surface area contributed by atoms with Gasteiger partial charge in [0.05, 0.1) is 11.6 Å². The number of aromatic nitrogens is 3. The molecular weight excluding hydrogens is 416 g/mol. The second kappa shape index (κ2) is 8.38. The SMILES string of the molecule is CN1CCCC1C(=O)N1CCN(C(=O)c2cc(C3CC3)nc3c2nc2n3CCCCC2)CC1. The molecular formula is C25H34N6O2. The van der Waals surface area contributed by atoms with E-state index in [1.165, 1.54) is 6.42 Å². The summed E-state index contributed by atoms with van der Waals surface area (Å²) in [6.45, 7) is 4.31. The summed E-state index contributed by atoms with van der Waals surface area (Å²) in [5.41, 5.74) is 3.43. The van der Waals surface area contributed by atoms with Gasteiger partial charge in [0.25, 0.3) is 5.91 Å². The normalized spacial score (nSPS) is 24.2. The van der Waals surface area contributed by atoms with Crippen LogP contribution in [0.2, 0.25) is 0 Å². The van der Waals surface area contributed by atoms with Crippen LogP contribution in [-0.2, 0) is 17.8 Å². The second-order valence-electron chi connectivity index (χ2n) is 10.3. The van der Waals surface area contributed by atoms with Crippen molar-refractivity contribution in [3.63, 3.8) is 0 Å². The Labute approximate surface area is 194 Å². The number of rotatable bonds is 3. The zero-order chi connectivity index (χ0) is 22.5. The summed E-state index contributed by atoms with van der Waals surface area (Å²) >= 11 is 0. The standard InChI is InChI=1S/C25H34N6O2/c1-28-10-5-6-20(28)25(33)30-14-12-29(13-15-30)24(32)18-16-19(17-8-9-17)26-23-22(18)27-21-7-3-2-4-11-31(21)23/h16-17,20H,2-15H2,1H3. The average Bonchev–Trinajstić information content (AvgIpc) is 3.57. The Hall–Kier alpha value is -2.48. The molecule has 3 aliphatic heterocycles. The number of fused-ring (bicyclic) bond motifs is 3. The molecule has 6 rings (SSSR count). The number of pyridine rings is 1. The van der Waals surface area contributed by atoms with Gasteiger partial charge in [-0.25, -0.2) is 9.97 Å². The number of carbonyl (C=O) groups excluding carboxylic acids is 2. The number of likely N-dealkylation sites (N-methyl/N-ethyl adjacent to an activating group) is 1. The predicted octanol–water partition coefficient (Wildman–Crippen LogP) is 2.41. The second-order valence-corrected chi connectivity index (χ2v) is 10.3. The Bertz CT molecular complexity index is 1080. The minimum Gasteiger partial charge on any atom is -0.338 e. The molecule has 2 aromatic rings. The van der Waals surface area contributed by atoms with Crippen LogP contribution in [-0.4, -0.2) is 86.9 Å². The third kappa shape index (κ3) is 3.82. The maximum Gasteiger partial charge on any atom is 0.256 e. The van der Waals surface area contributed by atoms with Gasteiger partial charge in [-0.05, 0) is 58.2 Å². The summed E-state index contributed by atoms with van der Waals surface area (Å²) in [5.74, 6) is 1.83. The number of piperazine rings is 1. The highest BCUT2D eigenvalue weighted by Crippen LogP contribution is 2.40. The van der Waals surface area contributed by atoms with Crippen LogP contribution >= 0.6 is 0 Å². The van der Waals surface area contributed by atoms with Crippen molar-refractivity contribution in [2.45, 2.75) is 69.9 Å². The molecule has 0 spiro atoms. The smallest absolute Gasteiger partial charge is 0.256 e. The molecule has 8 nitrogen and oxygen atoms in total. The van der Waals surface area contributed by atoms with Crippen molar-refractivity contribution in [2.75, 3.05) is 39.8 Å². The Morgan fingerprint density at radius 3 is 2.39 bits per heavy atom. The largest absolute Gasteiger partial charge is 0.338 e. The third-order valence-corrected chi connectivity index (χ3v) is 7.99. The fraction of sp³-hybridized carbons (Fsp3) is 0.680. The molecule has 0 radical (unpaired) electrons. The molecule has 3 fully saturated rings. The number of amides is 2. The first-order valence-electron chi connectivity index (χ1n) is 12.8. The molecule has 0 bridgehead atoms. The number of carbonyl (C=O) groups is 2. The lowest BCUT2D eigenvalue weighted by molar-refractivity contribution is -0.137. The van der Waals surface area contributed by atoms with Crippen LogP contribution in [0.25, 0.3) is 11.2 Å². The van der Waals surface area contributed by atoms with Gasteiger partial charge in [-0.1, -0.05) is 6.42 Å². The number of hydrogen-bond acceptors (Lipinski definition) is 5. The molecule has 1 unspecified atom stereocenters. The van der Waals surface area contributed by atoms with Crippen molar-refractivity contribution in [1.29, 1.82) is 0 Å². The Morgan fingerprint density at radius 1 is 0.879 bits per heavy atom. The Balaban J connectivity index is 1.25. The Morgan fingerprint density at radius 2 is 1.67 bits per heavy atom. The van der Waals surface area contributed by atoms with E-state index in [4.69, 9.17) is 9.97 Å². The summed E-state index contributed by atoms with van der Waals surface area (Å²) < 4.78 is 2.26. The quantitative estimate of drug-likeness (QED) is 0.718. The van der Waals surface area contributed by atoms with Gasteiger partial charge in [0.15, 0.2) is 5.65 Å². The van der Waals surface area contributed by atoms with Crippen LogP contribution in [0, 0.1) is 0 Å². The van der Waals surface area contributed by atoms with E-state index in [9.17, 15) is 9.59 Å². The van der Waals surface area contributed by atoms with Crippen molar-refractivity contribution in [2.24, 2.45) is 0 Å². The van der Waals surface area contributed by atoms with E-state index in [2.05, 4.69) is 9.47 Å². The fourth-order valence-corrected chi connectivity index (χ4v) is 5.79. The molecule has 2 aromatic heterocycles. The summed E-state index contributed by atoms with van der Waals surface area (Å²) in [5, 5.41) is 0. The molecule has 8 heteroatoms. The maximum absolute atomic E-state index is 13.7. The van der Waals surface area contributed by atoms with E-state index in [0.717, 1.165) is 80.7 Å². The molecule has 1 aliphatic carbocycles. The zero-order valence-electron chi connectivity index (χ0n) is 19.6. The van der Waals surface area contributed by atoms with E-state index < -0.39 is 0 Å². The summed E-state index contributed by atoms with van der Waals surface area (Å²) in [7, 11) is 2.04. The molecule has 0 aromatic carbocycles. The van der Waals surface area contributed by atoms with Gasteiger partial charge < -0.3 is 14.4 Å². The average molecular weight is 451 g/mol. The molecule has 176 valence electrons. The van der Waals surface area contributed by atoms with Gasteiger partial charge >= 0.3 is 0 Å². The van der Waals surface area contributed by atoms with E-state index in [1.807, 2.05) is 22.9 Å². The molecule has 5 heterocycles. The zero-order valence-corrected chi connectivity index (χ0v) is 19.6. The lowest BCUT2D eigenvalue weighted by atomic mass is 10.1. The van der Waals surface area contributed by atoms with Gasteiger partial charge in [0.1, 0.15) is 11.3 Å². The predicted molar refractivity (Wildman–Crippen MR) is 125 cm³/mol. The summed E-state index contributed by atoms with van der Waals surface area (Å²) in [6.07, 6.45) is 8.81. The maximum atomic E-state index is 13.7. The van der Waals surface area contributed by atoms with Crippen molar-refractivity contribution in [3.8, 4) is 0 Å². The fourth-order valence-electron chi connectivity index (χ4n) is 5.79. The molecule has 2 amide bonds. The number of aryl methyl sites for hydroxylation is 2. The molecule has 1 atom stereocenters. The van der Waals surface area contributed by atoms with Crippen molar-refractivity contribution < 1.29 is 9.59 Å². The lowest BCUT2D eigenvalue weighted by Gasteiger charge is -2.37. The van der Waals surface area contributed by atoms with Crippen LogP contribution < -0.4 is 0 Å². The first-order valence-corrected chi connectivity index (χ1v) is 12.8. The number of nitrogens with zero attached hydrogens (tertiary/aromatic N) is 6. The van der Waals surface area contributed by atoms with Crippen LogP contribution in [0.5, 0.6) is 0 Å². The van der Waals surface area contributed by atoms with Gasteiger partial charge in [-0.2, -0.15) is 0 Å². The molecule has 4 aliphatic rings. The molecule has 33 heavy (non-hydrogen) atoms. The topological polar surface area (TPSA) is 74.6 Å². The minimum atomic E-state index is 0.00844. The number of hydrogen-bond donors (Lipinski definition) is 0. The number of likely N-dealkylation sites (tertiary alicyclic amines) is 1. The third-order valence-electron chi connectivity index (χ3n) is 7.99. The molecule has 0 N–H and O–H groups in total. The monoisotopic (exact) mass is 450 g/mol. The highest BCUT2D eigenvalue weighted by molar-refractivity contribution is 6.04. The van der Waals surface area contributed by atoms with Crippen LogP contribution in [0.1, 0.15) is 72.7 Å².